The number of nitrogens with zero attached hydrogens (tertiary/aromatic N) is 1. The third-order valence-corrected chi connectivity index (χ3v) is 3.40. The van der Waals surface area contributed by atoms with Gasteiger partial charge in [-0.3, -0.25) is 0 Å². The molecule has 19 heavy (non-hydrogen) atoms. The molecule has 0 radical (unpaired) electrons. The first-order chi connectivity index (χ1) is 8.45. The Morgan fingerprint density at radius 2 is 1.84 bits per heavy atom. The zero-order valence-corrected chi connectivity index (χ0v) is 13.4. The van der Waals surface area contributed by atoms with Crippen LogP contribution in [-0.2, 0) is 10.1 Å². The van der Waals surface area contributed by atoms with Gasteiger partial charge in [0.25, 0.3) is 0 Å². The second kappa shape index (κ2) is 5.98. The van der Waals surface area contributed by atoms with Gasteiger partial charge in [0.2, 0.25) is 0 Å². The Hall–Kier alpha value is -0.990. The molecule has 0 saturated carbocycles. The van der Waals surface area contributed by atoms with E-state index in [9.17, 15) is 13.0 Å². The minimum Gasteiger partial charge on any atom is -0.744 e. The van der Waals surface area contributed by atoms with E-state index in [1.165, 1.54) is 6.07 Å². The van der Waals surface area contributed by atoms with Gasteiger partial charge in [0, 0.05) is 10.8 Å². The van der Waals surface area contributed by atoms with Crippen LogP contribution in [0.2, 0.25) is 0 Å². The molecule has 0 unspecified atom stereocenters. The molecule has 2 rings (SSSR count). The van der Waals surface area contributed by atoms with Crippen LogP contribution in [0.1, 0.15) is 0 Å². The van der Waals surface area contributed by atoms with E-state index in [2.05, 4.69) is 10.2 Å². The van der Waals surface area contributed by atoms with E-state index >= 15 is 0 Å². The molecule has 2 aromatic carbocycles. The molecule has 2 aromatic rings. The minimum absolute atomic E-state index is 0. The fourth-order valence-corrected chi connectivity index (χ4v) is 2.47. The number of rotatable bonds is 2. The van der Waals surface area contributed by atoms with Crippen molar-refractivity contribution in [3.63, 3.8) is 0 Å². The Morgan fingerprint density at radius 1 is 1.26 bits per heavy atom. The maximum Gasteiger partial charge on any atom is 1.00 e. The van der Waals surface area contributed by atoms with Gasteiger partial charge in [0.1, 0.15) is 10.1 Å². The monoisotopic (exact) mass is 288 g/mol. The smallest absolute Gasteiger partial charge is 0.744 e. The van der Waals surface area contributed by atoms with Crippen LogP contribution in [0.4, 0.5) is 11.4 Å². The minimum atomic E-state index is -4.58. The van der Waals surface area contributed by atoms with Crippen LogP contribution in [0, 0.1) is 0 Å². The van der Waals surface area contributed by atoms with Crippen molar-refractivity contribution in [3.05, 3.63) is 30.3 Å². The number of nitrogens with one attached hydrogen (secondary N) is 1. The van der Waals surface area contributed by atoms with Crippen LogP contribution in [0.15, 0.2) is 40.3 Å². The second-order valence-electron chi connectivity index (χ2n) is 3.64. The average Bonchev–Trinajstić information content (AvgIpc) is 2.31. The van der Waals surface area contributed by atoms with Crippen molar-refractivity contribution in [1.82, 2.24) is 0 Å². The van der Waals surface area contributed by atoms with Gasteiger partial charge in [0.15, 0.2) is 12.7 Å². The molecule has 0 aliphatic heterocycles. The second-order valence-corrected chi connectivity index (χ2v) is 4.99. The molecule has 0 heterocycles. The molecular weight excluding hydrogens is 277 g/mol. The van der Waals surface area contributed by atoms with Crippen molar-refractivity contribution in [1.29, 1.82) is 0 Å². The molecule has 0 aromatic heterocycles. The third-order valence-electron chi connectivity index (χ3n) is 2.53. The predicted molar refractivity (Wildman–Crippen MR) is 65.3 cm³/mol. The van der Waals surface area contributed by atoms with Gasteiger partial charge in [-0.25, -0.2) is 8.42 Å². The number of hydrogen-bond acceptors (Lipinski definition) is 5. The van der Waals surface area contributed by atoms with Crippen LogP contribution >= 0.6 is 0 Å². The third kappa shape index (κ3) is 3.13. The zero-order valence-electron chi connectivity index (χ0n) is 10.5. The van der Waals surface area contributed by atoms with Gasteiger partial charge in [-0.15, -0.1) is 5.11 Å². The van der Waals surface area contributed by atoms with Crippen LogP contribution < -0.4 is 40.4 Å². The Bertz CT molecular complexity index is 744. The fraction of sp³-hybridized carbons (Fsp3) is 0.0909. The molecular formula is C11H11N3NaO3S+. The van der Waals surface area contributed by atoms with Crippen molar-refractivity contribution in [3.8, 4) is 0 Å². The molecule has 8 heteroatoms. The average molecular weight is 288 g/mol. The summed E-state index contributed by atoms with van der Waals surface area (Å²) in [5.41, 5.74) is 6.44. The van der Waals surface area contributed by atoms with E-state index in [0.29, 0.717) is 16.5 Å². The van der Waals surface area contributed by atoms with Crippen LogP contribution in [0.25, 0.3) is 10.8 Å². The van der Waals surface area contributed by atoms with E-state index in [1.807, 2.05) is 0 Å². The van der Waals surface area contributed by atoms with E-state index in [4.69, 9.17) is 5.73 Å². The van der Waals surface area contributed by atoms with Crippen molar-refractivity contribution in [2.24, 2.45) is 5.11 Å². The fourth-order valence-electron chi connectivity index (χ4n) is 1.77. The molecule has 0 spiro atoms. The maximum absolute atomic E-state index is 11.3. The Labute approximate surface area is 132 Å². The normalized spacial score (nSPS) is 11.7. The van der Waals surface area contributed by atoms with E-state index in [-0.39, 0.29) is 40.1 Å². The first kappa shape index (κ1) is 16.1. The van der Waals surface area contributed by atoms with Gasteiger partial charge < -0.3 is 10.3 Å². The number of benzene rings is 2. The zero-order chi connectivity index (χ0) is 13.3. The van der Waals surface area contributed by atoms with Crippen LogP contribution in [-0.4, -0.2) is 20.0 Å². The summed E-state index contributed by atoms with van der Waals surface area (Å²) in [5, 5.41) is 7.16. The van der Waals surface area contributed by atoms with Crippen molar-refractivity contribution in [2.45, 2.75) is 4.90 Å². The standard InChI is InChI=1S/C11H11N3O3S.Na/c1-13-14-9-6-10(18(15,16)17)7-4-2-3-5-8(7)11(9)12;/h2-6H,12H2,1H3,(H,15,16,17);/q;+1. The van der Waals surface area contributed by atoms with Gasteiger partial charge in [-0.1, -0.05) is 24.3 Å². The molecule has 0 aliphatic rings. The van der Waals surface area contributed by atoms with E-state index in [1.54, 1.807) is 31.3 Å². The topological polar surface area (TPSA) is 110 Å². The molecule has 0 atom stereocenters. The molecule has 0 bridgehead atoms. The van der Waals surface area contributed by atoms with Crippen molar-refractivity contribution >= 4 is 32.3 Å². The van der Waals surface area contributed by atoms with Crippen LogP contribution in [0.3, 0.4) is 0 Å². The Balaban J connectivity index is 0.00000180. The first-order valence-electron chi connectivity index (χ1n) is 5.09. The first-order valence-corrected chi connectivity index (χ1v) is 6.50. The summed E-state index contributed by atoms with van der Waals surface area (Å²) in [4.78, 5) is -0.318. The number of hydrogen-bond donors (Lipinski definition) is 2. The molecule has 0 saturated heterocycles. The number of nitrogens with two attached hydrogens (primary N) is 1. The van der Waals surface area contributed by atoms with Gasteiger partial charge in [-0.05, 0) is 11.2 Å². The van der Waals surface area contributed by atoms with Gasteiger partial charge >= 0.3 is 29.6 Å². The number of fused-ring (bicyclic) bond motifs is 1. The maximum atomic E-state index is 11.3. The molecule has 0 aliphatic carbocycles. The molecule has 3 N–H and O–H groups in total. The summed E-state index contributed by atoms with van der Waals surface area (Å²) in [6.45, 7) is 0. The molecule has 0 amide bonds. The van der Waals surface area contributed by atoms with E-state index in [0.717, 1.165) is 0 Å². The van der Waals surface area contributed by atoms with Crippen molar-refractivity contribution in [2.75, 3.05) is 12.8 Å². The summed E-state index contributed by atoms with van der Waals surface area (Å²) in [6.07, 6.45) is 0. The predicted octanol–water partition coefficient (Wildman–Crippen LogP) is -2.88. The van der Waals surface area contributed by atoms with E-state index < -0.39 is 10.1 Å². The number of azo groups is 1. The largest absolute Gasteiger partial charge is 1.00 e. The summed E-state index contributed by atoms with van der Waals surface area (Å²) < 4.78 is 33.8. The summed E-state index contributed by atoms with van der Waals surface area (Å²) in [5.74, 6) is 0. The summed E-state index contributed by atoms with van der Waals surface area (Å²) in [6, 6.07) is 7.72. The van der Waals surface area contributed by atoms with Crippen LogP contribution in [0.5, 0.6) is 0 Å². The number of anilines is 1. The molecule has 0 fully saturated rings. The summed E-state index contributed by atoms with van der Waals surface area (Å²) in [7, 11) is -3.02. The quantitative estimate of drug-likeness (QED) is 0.268. The van der Waals surface area contributed by atoms with Crippen molar-refractivity contribution < 1.29 is 47.6 Å². The SMILES string of the molecule is C[NH+]=Nc1cc(S(=O)(=O)[O-])c2ccccc2c1N.[Na+]. The molecule has 6 nitrogen and oxygen atoms in total. The van der Waals surface area contributed by atoms with Gasteiger partial charge in [-0.2, -0.15) is 0 Å². The Morgan fingerprint density at radius 3 is 2.37 bits per heavy atom. The number of nitrogen functional groups attached to an aromatic ring is 1. The van der Waals surface area contributed by atoms with Gasteiger partial charge in [0.05, 0.1) is 10.6 Å². The summed E-state index contributed by atoms with van der Waals surface area (Å²) >= 11 is 0. The Kier molecular flexibility index (Phi) is 5.05. The molecule has 94 valence electrons.